The van der Waals surface area contributed by atoms with E-state index in [0.717, 1.165) is 35.3 Å². The Morgan fingerprint density at radius 2 is 1.70 bits per heavy atom. The Balaban J connectivity index is 1.39. The van der Waals surface area contributed by atoms with E-state index in [1.165, 1.54) is 0 Å². The molecule has 0 bridgehead atoms. The first-order chi connectivity index (χ1) is 18.1. The number of aromatic nitrogens is 2. The minimum atomic E-state index is -0.319. The van der Waals surface area contributed by atoms with E-state index < -0.39 is 0 Å². The average molecular weight is 495 g/mol. The summed E-state index contributed by atoms with van der Waals surface area (Å²) < 4.78 is 7.63. The Labute approximate surface area is 216 Å². The number of ether oxygens (including phenoxy) is 1. The van der Waals surface area contributed by atoms with Gasteiger partial charge in [-0.2, -0.15) is 0 Å². The zero-order valence-corrected chi connectivity index (χ0v) is 20.8. The second-order valence-electron chi connectivity index (χ2n) is 9.26. The molecule has 0 spiro atoms. The van der Waals surface area contributed by atoms with Crippen LogP contribution < -0.4 is 5.32 Å². The molecule has 1 N–H and O–H groups in total. The number of para-hydroxylation sites is 1. The first kappa shape index (κ1) is 24.5. The zero-order valence-electron chi connectivity index (χ0n) is 20.8. The largest absolute Gasteiger partial charge is 0.376 e. The van der Waals surface area contributed by atoms with Gasteiger partial charge in [-0.15, -0.1) is 0 Å². The first-order valence-corrected chi connectivity index (χ1v) is 12.5. The van der Waals surface area contributed by atoms with Crippen molar-refractivity contribution >= 4 is 17.8 Å². The maximum atomic E-state index is 13.4. The maximum absolute atomic E-state index is 13.4. The number of carbonyl (C=O) groups is 2. The lowest BCUT2D eigenvalue weighted by atomic mass is 10.1. The third-order valence-electron chi connectivity index (χ3n) is 6.43. The molecule has 1 fully saturated rings. The van der Waals surface area contributed by atoms with Crippen molar-refractivity contribution in [3.63, 3.8) is 0 Å². The molecule has 37 heavy (non-hydrogen) atoms. The SMILES string of the molecule is Cc1ccc(C(=O)N(CC(=O)Nc2nc(-c3ccccc3)cn2-c2ccccc2)CC2CCCO2)cc1. The molecule has 188 valence electrons. The molecule has 2 amide bonds. The lowest BCUT2D eigenvalue weighted by molar-refractivity contribution is -0.117. The quantitative estimate of drug-likeness (QED) is 0.369. The highest BCUT2D eigenvalue weighted by Gasteiger charge is 2.26. The van der Waals surface area contributed by atoms with E-state index in [1.54, 1.807) is 17.0 Å². The number of imidazole rings is 1. The van der Waals surface area contributed by atoms with Crippen molar-refractivity contribution in [2.75, 3.05) is 25.0 Å². The molecule has 0 radical (unpaired) electrons. The van der Waals surface area contributed by atoms with Gasteiger partial charge in [-0.25, -0.2) is 4.98 Å². The number of anilines is 1. The fourth-order valence-corrected chi connectivity index (χ4v) is 4.47. The van der Waals surface area contributed by atoms with Gasteiger partial charge < -0.3 is 9.64 Å². The molecule has 5 rings (SSSR count). The van der Waals surface area contributed by atoms with E-state index in [1.807, 2.05) is 90.5 Å². The van der Waals surface area contributed by atoms with Crippen LogP contribution in [0.2, 0.25) is 0 Å². The van der Waals surface area contributed by atoms with Crippen molar-refractivity contribution in [1.82, 2.24) is 14.5 Å². The average Bonchev–Trinajstić information content (AvgIpc) is 3.59. The molecule has 1 atom stereocenters. The van der Waals surface area contributed by atoms with Crippen LogP contribution in [0.4, 0.5) is 5.95 Å². The molecule has 7 heteroatoms. The predicted molar refractivity (Wildman–Crippen MR) is 144 cm³/mol. The van der Waals surface area contributed by atoms with Gasteiger partial charge in [-0.1, -0.05) is 66.2 Å². The number of benzene rings is 3. The first-order valence-electron chi connectivity index (χ1n) is 12.5. The highest BCUT2D eigenvalue weighted by Crippen LogP contribution is 2.24. The standard InChI is InChI=1S/C30H30N4O3/c1-22-14-16-24(17-15-22)29(36)33(19-26-13-8-18-37-26)21-28(35)32-30-31-27(23-9-4-2-5-10-23)20-34(30)25-11-6-3-7-12-25/h2-7,9-12,14-17,20,26H,8,13,18-19,21H2,1H3,(H,31,32,35). The van der Waals surface area contributed by atoms with E-state index in [0.29, 0.717) is 24.7 Å². The minimum Gasteiger partial charge on any atom is -0.376 e. The number of aryl methyl sites for hydroxylation is 1. The van der Waals surface area contributed by atoms with Crippen molar-refractivity contribution in [2.45, 2.75) is 25.9 Å². The van der Waals surface area contributed by atoms with Gasteiger partial charge in [-0.3, -0.25) is 19.5 Å². The molecule has 1 aromatic heterocycles. The number of nitrogens with one attached hydrogen (secondary N) is 1. The van der Waals surface area contributed by atoms with Gasteiger partial charge in [0.05, 0.1) is 11.8 Å². The van der Waals surface area contributed by atoms with Crippen LogP contribution in [-0.2, 0) is 9.53 Å². The fourth-order valence-electron chi connectivity index (χ4n) is 4.47. The molecule has 1 aliphatic heterocycles. The van der Waals surface area contributed by atoms with Crippen molar-refractivity contribution in [3.8, 4) is 16.9 Å². The molecule has 0 saturated carbocycles. The highest BCUT2D eigenvalue weighted by atomic mass is 16.5. The van der Waals surface area contributed by atoms with Gasteiger partial charge in [0.2, 0.25) is 11.9 Å². The third-order valence-corrected chi connectivity index (χ3v) is 6.43. The second-order valence-corrected chi connectivity index (χ2v) is 9.26. The molecular weight excluding hydrogens is 464 g/mol. The summed E-state index contributed by atoms with van der Waals surface area (Å²) in [6.45, 7) is 2.92. The van der Waals surface area contributed by atoms with Crippen molar-refractivity contribution in [2.24, 2.45) is 0 Å². The van der Waals surface area contributed by atoms with Crippen LogP contribution in [0.1, 0.15) is 28.8 Å². The number of amides is 2. The van der Waals surface area contributed by atoms with Crippen LogP contribution >= 0.6 is 0 Å². The van der Waals surface area contributed by atoms with E-state index in [9.17, 15) is 9.59 Å². The van der Waals surface area contributed by atoms with Gasteiger partial charge in [-0.05, 0) is 44.0 Å². The summed E-state index contributed by atoms with van der Waals surface area (Å²) in [4.78, 5) is 33.0. The van der Waals surface area contributed by atoms with Crippen molar-refractivity contribution in [1.29, 1.82) is 0 Å². The van der Waals surface area contributed by atoms with Crippen LogP contribution in [0.5, 0.6) is 0 Å². The van der Waals surface area contributed by atoms with Crippen LogP contribution in [0.3, 0.4) is 0 Å². The molecule has 0 aliphatic carbocycles. The lowest BCUT2D eigenvalue weighted by Crippen LogP contribution is -2.42. The van der Waals surface area contributed by atoms with Crippen LogP contribution in [0.25, 0.3) is 16.9 Å². The number of hydrogen-bond donors (Lipinski definition) is 1. The predicted octanol–water partition coefficient (Wildman–Crippen LogP) is 5.11. The van der Waals surface area contributed by atoms with Crippen LogP contribution in [0.15, 0.2) is 91.1 Å². The summed E-state index contributed by atoms with van der Waals surface area (Å²) in [7, 11) is 0. The number of rotatable bonds is 8. The molecule has 7 nitrogen and oxygen atoms in total. The minimum absolute atomic E-state index is 0.0711. The smallest absolute Gasteiger partial charge is 0.254 e. The Hall–Kier alpha value is -4.23. The lowest BCUT2D eigenvalue weighted by Gasteiger charge is -2.25. The van der Waals surface area contributed by atoms with Gasteiger partial charge in [0.25, 0.3) is 5.91 Å². The topological polar surface area (TPSA) is 76.5 Å². The van der Waals surface area contributed by atoms with Crippen LogP contribution in [-0.4, -0.2) is 52.1 Å². The molecule has 4 aromatic rings. The Bertz CT molecular complexity index is 1340. The van der Waals surface area contributed by atoms with Gasteiger partial charge in [0.15, 0.2) is 0 Å². The fraction of sp³-hybridized carbons (Fsp3) is 0.233. The molecule has 1 unspecified atom stereocenters. The molecular formula is C30H30N4O3. The Kier molecular flexibility index (Phi) is 7.42. The molecule has 1 saturated heterocycles. The van der Waals surface area contributed by atoms with Gasteiger partial charge >= 0.3 is 0 Å². The summed E-state index contributed by atoms with van der Waals surface area (Å²) in [5, 5.41) is 2.95. The van der Waals surface area contributed by atoms with E-state index in [-0.39, 0.29) is 24.5 Å². The van der Waals surface area contributed by atoms with Gasteiger partial charge in [0, 0.05) is 36.2 Å². The summed E-state index contributed by atoms with van der Waals surface area (Å²) in [6, 6.07) is 26.9. The Morgan fingerprint density at radius 1 is 1.00 bits per heavy atom. The van der Waals surface area contributed by atoms with Crippen molar-refractivity contribution in [3.05, 3.63) is 102 Å². The number of hydrogen-bond acceptors (Lipinski definition) is 4. The molecule has 2 heterocycles. The second kappa shape index (κ2) is 11.2. The van der Waals surface area contributed by atoms with Crippen molar-refractivity contribution < 1.29 is 14.3 Å². The maximum Gasteiger partial charge on any atom is 0.254 e. The number of carbonyl (C=O) groups excluding carboxylic acids is 2. The highest BCUT2D eigenvalue weighted by molar-refractivity contribution is 5.99. The third kappa shape index (κ3) is 5.95. The Morgan fingerprint density at radius 3 is 2.38 bits per heavy atom. The monoisotopic (exact) mass is 494 g/mol. The summed E-state index contributed by atoms with van der Waals surface area (Å²) >= 11 is 0. The summed E-state index contributed by atoms with van der Waals surface area (Å²) in [5.41, 5.74) is 4.18. The summed E-state index contributed by atoms with van der Waals surface area (Å²) in [5.74, 6) is -0.113. The van der Waals surface area contributed by atoms with E-state index >= 15 is 0 Å². The summed E-state index contributed by atoms with van der Waals surface area (Å²) in [6.07, 6.45) is 3.67. The number of nitrogens with zero attached hydrogens (tertiary/aromatic N) is 3. The molecule has 1 aliphatic rings. The normalized spacial score (nSPS) is 14.9. The zero-order chi connectivity index (χ0) is 25.6. The van der Waals surface area contributed by atoms with E-state index in [4.69, 9.17) is 9.72 Å². The molecule has 3 aromatic carbocycles. The van der Waals surface area contributed by atoms with Crippen LogP contribution in [0, 0.1) is 6.92 Å². The van der Waals surface area contributed by atoms with Gasteiger partial charge in [0.1, 0.15) is 6.54 Å². The van der Waals surface area contributed by atoms with E-state index in [2.05, 4.69) is 5.32 Å².